The average Bonchev–Trinajstić information content (AvgIpc) is 2.76. The van der Waals surface area contributed by atoms with Gasteiger partial charge in [-0.25, -0.2) is 0 Å². The molecule has 0 bridgehead atoms. The fourth-order valence-corrected chi connectivity index (χ4v) is 2.37. The molecule has 0 aliphatic heterocycles. The van der Waals surface area contributed by atoms with Crippen molar-refractivity contribution in [2.75, 3.05) is 5.73 Å². The highest BCUT2D eigenvalue weighted by Gasteiger charge is 2.06. The van der Waals surface area contributed by atoms with Crippen LogP contribution in [-0.4, -0.2) is 4.98 Å². The number of nitrogen functional groups attached to an aromatic ring is 1. The molecular formula is C17H18N2. The number of aromatic amines is 1. The van der Waals surface area contributed by atoms with E-state index in [1.165, 1.54) is 16.7 Å². The number of hydrogen-bond donors (Lipinski definition) is 2. The molecule has 0 radical (unpaired) electrons. The predicted molar refractivity (Wildman–Crippen MR) is 82.4 cm³/mol. The Morgan fingerprint density at radius 3 is 2.37 bits per heavy atom. The summed E-state index contributed by atoms with van der Waals surface area (Å²) in [4.78, 5) is 3.47. The van der Waals surface area contributed by atoms with Gasteiger partial charge in [0, 0.05) is 22.3 Å². The van der Waals surface area contributed by atoms with Gasteiger partial charge in [0.1, 0.15) is 0 Å². The normalized spacial score (nSPS) is 11.1. The summed E-state index contributed by atoms with van der Waals surface area (Å²) in [6.45, 7) is 6.31. The van der Waals surface area contributed by atoms with Gasteiger partial charge in [-0.3, -0.25) is 0 Å². The zero-order chi connectivity index (χ0) is 13.6. The van der Waals surface area contributed by atoms with Crippen LogP contribution < -0.4 is 5.73 Å². The Morgan fingerprint density at radius 2 is 1.63 bits per heavy atom. The average molecular weight is 250 g/mol. The van der Waals surface area contributed by atoms with Gasteiger partial charge in [-0.2, -0.15) is 0 Å². The number of fused-ring (bicyclic) bond motifs is 1. The standard InChI is InChI=1S/C17H18N2/c1-10-4-5-13(6-11(10)2)17-9-14-8-15(18)12(3)7-16(14)19-17/h4-9,19H,18H2,1-3H3. The molecule has 96 valence electrons. The Bertz CT molecular complexity index is 727. The molecule has 2 aromatic carbocycles. The lowest BCUT2D eigenvalue weighted by molar-refractivity contribution is 1.33. The highest BCUT2D eigenvalue weighted by atomic mass is 14.7. The summed E-state index contributed by atoms with van der Waals surface area (Å²) in [6.07, 6.45) is 0. The molecule has 3 aromatic rings. The van der Waals surface area contributed by atoms with Gasteiger partial charge in [0.05, 0.1) is 0 Å². The molecule has 0 aliphatic rings. The van der Waals surface area contributed by atoms with Gasteiger partial charge in [0.2, 0.25) is 0 Å². The van der Waals surface area contributed by atoms with Gasteiger partial charge >= 0.3 is 0 Å². The first-order valence-corrected chi connectivity index (χ1v) is 6.51. The predicted octanol–water partition coefficient (Wildman–Crippen LogP) is 4.34. The number of rotatable bonds is 1. The lowest BCUT2D eigenvalue weighted by Gasteiger charge is -2.03. The Morgan fingerprint density at radius 1 is 0.842 bits per heavy atom. The maximum atomic E-state index is 5.96. The highest BCUT2D eigenvalue weighted by Crippen LogP contribution is 2.28. The Balaban J connectivity index is 2.17. The maximum Gasteiger partial charge on any atom is 0.0464 e. The fraction of sp³-hybridized carbons (Fsp3) is 0.176. The van der Waals surface area contributed by atoms with E-state index in [1.807, 2.05) is 13.0 Å². The summed E-state index contributed by atoms with van der Waals surface area (Å²) in [5.74, 6) is 0. The maximum absolute atomic E-state index is 5.96. The molecule has 2 heteroatoms. The molecule has 0 atom stereocenters. The van der Waals surface area contributed by atoms with Crippen LogP contribution in [0.4, 0.5) is 5.69 Å². The van der Waals surface area contributed by atoms with Crippen LogP contribution in [0, 0.1) is 20.8 Å². The van der Waals surface area contributed by atoms with E-state index in [2.05, 4.69) is 49.2 Å². The second-order valence-corrected chi connectivity index (χ2v) is 5.28. The van der Waals surface area contributed by atoms with E-state index >= 15 is 0 Å². The van der Waals surface area contributed by atoms with Crippen molar-refractivity contribution in [1.82, 2.24) is 4.98 Å². The van der Waals surface area contributed by atoms with Gasteiger partial charge in [0.15, 0.2) is 0 Å². The molecule has 19 heavy (non-hydrogen) atoms. The first kappa shape index (κ1) is 11.8. The highest BCUT2D eigenvalue weighted by molar-refractivity contribution is 5.89. The third kappa shape index (κ3) is 1.99. The van der Waals surface area contributed by atoms with Crippen LogP contribution in [0.5, 0.6) is 0 Å². The molecule has 0 spiro atoms. The topological polar surface area (TPSA) is 41.8 Å². The molecule has 0 fully saturated rings. The number of H-pyrrole nitrogens is 1. The Hall–Kier alpha value is -2.22. The molecule has 1 heterocycles. The van der Waals surface area contributed by atoms with E-state index in [4.69, 9.17) is 5.73 Å². The molecular weight excluding hydrogens is 232 g/mol. The second-order valence-electron chi connectivity index (χ2n) is 5.28. The number of aryl methyl sites for hydroxylation is 3. The van der Waals surface area contributed by atoms with Crippen LogP contribution in [0.15, 0.2) is 36.4 Å². The van der Waals surface area contributed by atoms with Crippen LogP contribution in [0.2, 0.25) is 0 Å². The lowest BCUT2D eigenvalue weighted by Crippen LogP contribution is -1.87. The minimum Gasteiger partial charge on any atom is -0.398 e. The number of nitrogens with two attached hydrogens (primary N) is 1. The zero-order valence-electron chi connectivity index (χ0n) is 11.5. The number of aromatic nitrogens is 1. The molecule has 3 rings (SSSR count). The smallest absolute Gasteiger partial charge is 0.0464 e. The van der Waals surface area contributed by atoms with Crippen molar-refractivity contribution in [2.24, 2.45) is 0 Å². The number of anilines is 1. The van der Waals surface area contributed by atoms with Gasteiger partial charge in [0.25, 0.3) is 0 Å². The molecule has 0 amide bonds. The monoisotopic (exact) mass is 250 g/mol. The summed E-state index contributed by atoms with van der Waals surface area (Å²) < 4.78 is 0. The van der Waals surface area contributed by atoms with E-state index in [0.29, 0.717) is 0 Å². The van der Waals surface area contributed by atoms with Crippen molar-refractivity contribution in [3.63, 3.8) is 0 Å². The Kier molecular flexibility index (Phi) is 2.59. The largest absolute Gasteiger partial charge is 0.398 e. The van der Waals surface area contributed by atoms with Crippen LogP contribution in [0.25, 0.3) is 22.2 Å². The van der Waals surface area contributed by atoms with E-state index in [9.17, 15) is 0 Å². The summed E-state index contributed by atoms with van der Waals surface area (Å²) in [6, 6.07) is 12.8. The van der Waals surface area contributed by atoms with Crippen LogP contribution >= 0.6 is 0 Å². The molecule has 0 unspecified atom stereocenters. The minimum absolute atomic E-state index is 0.845. The molecule has 0 saturated carbocycles. The third-order valence-corrected chi connectivity index (χ3v) is 3.83. The van der Waals surface area contributed by atoms with Gasteiger partial charge in [-0.15, -0.1) is 0 Å². The van der Waals surface area contributed by atoms with E-state index in [-0.39, 0.29) is 0 Å². The molecule has 1 aromatic heterocycles. The number of hydrogen-bond acceptors (Lipinski definition) is 1. The van der Waals surface area contributed by atoms with Crippen LogP contribution in [0.1, 0.15) is 16.7 Å². The van der Waals surface area contributed by atoms with E-state index in [0.717, 1.165) is 27.8 Å². The van der Waals surface area contributed by atoms with Crippen molar-refractivity contribution in [3.8, 4) is 11.3 Å². The van der Waals surface area contributed by atoms with Gasteiger partial charge < -0.3 is 10.7 Å². The molecule has 0 saturated heterocycles. The second kappa shape index (κ2) is 4.16. The van der Waals surface area contributed by atoms with E-state index < -0.39 is 0 Å². The first-order chi connectivity index (χ1) is 9.04. The lowest BCUT2D eigenvalue weighted by atomic mass is 10.0. The number of nitrogens with one attached hydrogen (secondary N) is 1. The summed E-state index contributed by atoms with van der Waals surface area (Å²) >= 11 is 0. The van der Waals surface area contributed by atoms with Crippen LogP contribution in [-0.2, 0) is 0 Å². The molecule has 3 N–H and O–H groups in total. The SMILES string of the molecule is Cc1ccc(-c2cc3cc(N)c(C)cc3[nH]2)cc1C. The number of benzene rings is 2. The molecule has 0 aliphatic carbocycles. The van der Waals surface area contributed by atoms with Crippen molar-refractivity contribution in [1.29, 1.82) is 0 Å². The first-order valence-electron chi connectivity index (χ1n) is 6.51. The fourth-order valence-electron chi connectivity index (χ4n) is 2.37. The van der Waals surface area contributed by atoms with Crippen molar-refractivity contribution >= 4 is 16.6 Å². The van der Waals surface area contributed by atoms with Gasteiger partial charge in [-0.1, -0.05) is 12.1 Å². The summed E-state index contributed by atoms with van der Waals surface area (Å²) in [5.41, 5.74) is 14.1. The van der Waals surface area contributed by atoms with Crippen molar-refractivity contribution in [3.05, 3.63) is 53.1 Å². The van der Waals surface area contributed by atoms with Crippen molar-refractivity contribution in [2.45, 2.75) is 20.8 Å². The van der Waals surface area contributed by atoms with Crippen molar-refractivity contribution < 1.29 is 0 Å². The minimum atomic E-state index is 0.845. The summed E-state index contributed by atoms with van der Waals surface area (Å²) in [5, 5.41) is 1.16. The van der Waals surface area contributed by atoms with Crippen LogP contribution in [0.3, 0.4) is 0 Å². The summed E-state index contributed by atoms with van der Waals surface area (Å²) in [7, 11) is 0. The van der Waals surface area contributed by atoms with E-state index in [1.54, 1.807) is 0 Å². The third-order valence-electron chi connectivity index (χ3n) is 3.83. The van der Waals surface area contributed by atoms with Gasteiger partial charge in [-0.05, 0) is 67.3 Å². The molecule has 2 nitrogen and oxygen atoms in total. The quantitative estimate of drug-likeness (QED) is 0.620. The Labute approximate surface area is 113 Å². The zero-order valence-corrected chi connectivity index (χ0v) is 11.5.